The zero-order valence-corrected chi connectivity index (χ0v) is 15.7. The summed E-state index contributed by atoms with van der Waals surface area (Å²) in [5, 5.41) is 5.30. The van der Waals surface area contributed by atoms with Gasteiger partial charge in [0.05, 0.1) is 6.04 Å². The summed E-state index contributed by atoms with van der Waals surface area (Å²) in [5.41, 5.74) is 0.655. The smallest absolute Gasteiger partial charge is 0.251 e. The monoisotopic (exact) mass is 358 g/mol. The number of thiophene rings is 1. The Morgan fingerprint density at radius 1 is 1.24 bits per heavy atom. The summed E-state index contributed by atoms with van der Waals surface area (Å²) in [6.07, 6.45) is 3.31. The van der Waals surface area contributed by atoms with Gasteiger partial charge in [0.15, 0.2) is 0 Å². The normalized spacial score (nSPS) is 18.6. The summed E-state index contributed by atoms with van der Waals surface area (Å²) in [6.45, 7) is 9.66. The van der Waals surface area contributed by atoms with Crippen LogP contribution in [0.5, 0.6) is 0 Å². The Hall–Kier alpha value is -1.76. The van der Waals surface area contributed by atoms with Crippen LogP contribution in [0.15, 0.2) is 42.0 Å². The number of rotatable bonds is 6. The number of nitrogens with one attached hydrogen (secondary N) is 1. The summed E-state index contributed by atoms with van der Waals surface area (Å²) in [5.74, 6) is -0.0383. The van der Waals surface area contributed by atoms with Gasteiger partial charge in [-0.05, 0) is 37.0 Å². The molecule has 0 aromatic carbocycles. The molecule has 2 aromatic rings. The summed E-state index contributed by atoms with van der Waals surface area (Å²) < 4.78 is 0. The van der Waals surface area contributed by atoms with Crippen LogP contribution in [-0.2, 0) is 0 Å². The minimum Gasteiger partial charge on any atom is -0.348 e. The van der Waals surface area contributed by atoms with Crippen molar-refractivity contribution in [1.82, 2.24) is 20.1 Å². The van der Waals surface area contributed by atoms with E-state index < -0.39 is 0 Å². The van der Waals surface area contributed by atoms with Crippen molar-refractivity contribution in [2.45, 2.75) is 25.9 Å². The zero-order chi connectivity index (χ0) is 17.6. The number of nitrogens with zero attached hydrogens (tertiary/aromatic N) is 3. The number of hydrogen-bond acceptors (Lipinski definition) is 5. The van der Waals surface area contributed by atoms with E-state index in [9.17, 15) is 4.79 Å². The van der Waals surface area contributed by atoms with E-state index in [1.807, 2.05) is 0 Å². The first-order valence-corrected chi connectivity index (χ1v) is 9.77. The minimum atomic E-state index is -0.0383. The van der Waals surface area contributed by atoms with Crippen molar-refractivity contribution in [2.24, 2.45) is 0 Å². The van der Waals surface area contributed by atoms with Crippen LogP contribution in [0.2, 0.25) is 0 Å². The van der Waals surface area contributed by atoms with E-state index in [1.165, 1.54) is 4.88 Å². The third-order valence-corrected chi connectivity index (χ3v) is 5.80. The number of hydrogen-bond donors (Lipinski definition) is 1. The summed E-state index contributed by atoms with van der Waals surface area (Å²) >= 11 is 1.77. The van der Waals surface area contributed by atoms with Crippen LogP contribution >= 0.6 is 11.3 Å². The largest absolute Gasteiger partial charge is 0.348 e. The van der Waals surface area contributed by atoms with Gasteiger partial charge in [0.1, 0.15) is 0 Å². The van der Waals surface area contributed by atoms with Crippen LogP contribution < -0.4 is 5.32 Å². The predicted molar refractivity (Wildman–Crippen MR) is 102 cm³/mol. The molecular weight excluding hydrogens is 332 g/mol. The molecule has 3 heterocycles. The average Bonchev–Trinajstić information content (AvgIpc) is 3.17. The first kappa shape index (κ1) is 18.0. The number of carbonyl (C=O) groups excluding carboxylic acids is 1. The Balaban J connectivity index is 1.72. The van der Waals surface area contributed by atoms with Gasteiger partial charge in [-0.3, -0.25) is 14.7 Å². The molecule has 0 aliphatic carbocycles. The number of likely N-dealkylation sites (N-methyl/N-ethyl adjacent to an activating group) is 1. The molecule has 2 aromatic heterocycles. The minimum absolute atomic E-state index is 0.0347. The van der Waals surface area contributed by atoms with E-state index >= 15 is 0 Å². The van der Waals surface area contributed by atoms with Gasteiger partial charge >= 0.3 is 0 Å². The first-order valence-electron chi connectivity index (χ1n) is 8.89. The van der Waals surface area contributed by atoms with Gasteiger partial charge in [-0.1, -0.05) is 13.0 Å². The molecular formula is C19H26N4OS. The number of piperazine rings is 1. The van der Waals surface area contributed by atoms with Gasteiger partial charge in [0.2, 0.25) is 0 Å². The van der Waals surface area contributed by atoms with Crippen molar-refractivity contribution in [3.63, 3.8) is 0 Å². The summed E-state index contributed by atoms with van der Waals surface area (Å²) in [6, 6.07) is 8.02. The molecule has 2 atom stereocenters. The summed E-state index contributed by atoms with van der Waals surface area (Å²) in [4.78, 5) is 22.8. The van der Waals surface area contributed by atoms with E-state index in [-0.39, 0.29) is 18.0 Å². The molecule has 134 valence electrons. The molecule has 1 fully saturated rings. The second kappa shape index (κ2) is 8.56. The molecule has 3 rings (SSSR count). The van der Waals surface area contributed by atoms with Crippen molar-refractivity contribution < 1.29 is 4.79 Å². The quantitative estimate of drug-likeness (QED) is 0.862. The Bertz CT molecular complexity index is 653. The van der Waals surface area contributed by atoms with E-state index in [1.54, 1.807) is 35.9 Å². The molecule has 1 aliphatic heterocycles. The third kappa shape index (κ3) is 4.45. The molecule has 0 saturated carbocycles. The highest BCUT2D eigenvalue weighted by atomic mass is 32.1. The fourth-order valence-electron chi connectivity index (χ4n) is 3.43. The molecule has 0 unspecified atom stereocenters. The lowest BCUT2D eigenvalue weighted by Crippen LogP contribution is -2.52. The maximum absolute atomic E-state index is 12.5. The molecule has 0 radical (unpaired) electrons. The van der Waals surface area contributed by atoms with Crippen LogP contribution in [0.1, 0.15) is 35.1 Å². The maximum Gasteiger partial charge on any atom is 0.251 e. The highest BCUT2D eigenvalue weighted by molar-refractivity contribution is 7.10. The van der Waals surface area contributed by atoms with Crippen LogP contribution in [0, 0.1) is 0 Å². The number of carbonyl (C=O) groups is 1. The van der Waals surface area contributed by atoms with Crippen LogP contribution in [0.3, 0.4) is 0 Å². The Morgan fingerprint density at radius 2 is 1.96 bits per heavy atom. The number of amides is 1. The molecule has 0 bridgehead atoms. The standard InChI is InChI=1S/C19H26N4OS/c1-3-22-10-12-23(13-11-22)18(17-5-4-14-25-17)15(2)21-19(24)16-6-8-20-9-7-16/h4-9,14-15,18H,3,10-13H2,1-2H3,(H,21,24)/t15-,18-/m0/s1. The van der Waals surface area contributed by atoms with E-state index in [2.05, 4.69) is 51.5 Å². The molecule has 5 nitrogen and oxygen atoms in total. The molecule has 6 heteroatoms. The topological polar surface area (TPSA) is 48.5 Å². The highest BCUT2D eigenvalue weighted by Crippen LogP contribution is 2.29. The van der Waals surface area contributed by atoms with Gasteiger partial charge in [-0.2, -0.15) is 0 Å². The SMILES string of the molecule is CCN1CCN([C@H](c2cccs2)[C@H](C)NC(=O)c2ccncc2)CC1. The average molecular weight is 359 g/mol. The van der Waals surface area contributed by atoms with Crippen LogP contribution in [0.4, 0.5) is 0 Å². The van der Waals surface area contributed by atoms with Gasteiger partial charge in [-0.25, -0.2) is 0 Å². The van der Waals surface area contributed by atoms with Gasteiger partial charge in [0, 0.05) is 55.1 Å². The molecule has 1 aliphatic rings. The highest BCUT2D eigenvalue weighted by Gasteiger charge is 2.30. The van der Waals surface area contributed by atoms with Crippen molar-refractivity contribution in [2.75, 3.05) is 32.7 Å². The van der Waals surface area contributed by atoms with Crippen LogP contribution in [0.25, 0.3) is 0 Å². The first-order chi connectivity index (χ1) is 12.2. The molecule has 1 saturated heterocycles. The van der Waals surface area contributed by atoms with E-state index in [4.69, 9.17) is 0 Å². The fraction of sp³-hybridized carbons (Fsp3) is 0.474. The second-order valence-corrected chi connectivity index (χ2v) is 7.41. The second-order valence-electron chi connectivity index (χ2n) is 6.43. The molecule has 1 N–H and O–H groups in total. The number of aromatic nitrogens is 1. The predicted octanol–water partition coefficient (Wildman–Crippen LogP) is 2.64. The molecule has 0 spiro atoms. The third-order valence-electron chi connectivity index (χ3n) is 4.86. The Labute approximate surface area is 153 Å². The fourth-order valence-corrected chi connectivity index (χ4v) is 4.40. The van der Waals surface area contributed by atoms with Crippen LogP contribution in [-0.4, -0.2) is 59.5 Å². The maximum atomic E-state index is 12.5. The lowest BCUT2D eigenvalue weighted by molar-refractivity contribution is 0.0753. The van der Waals surface area contributed by atoms with Gasteiger partial charge in [-0.15, -0.1) is 11.3 Å². The van der Waals surface area contributed by atoms with Crippen molar-refractivity contribution in [1.29, 1.82) is 0 Å². The lowest BCUT2D eigenvalue weighted by Gasteiger charge is -2.41. The lowest BCUT2D eigenvalue weighted by atomic mass is 10.0. The van der Waals surface area contributed by atoms with E-state index in [0.717, 1.165) is 32.7 Å². The number of pyridine rings is 1. The van der Waals surface area contributed by atoms with Crippen molar-refractivity contribution >= 4 is 17.2 Å². The van der Waals surface area contributed by atoms with Crippen molar-refractivity contribution in [3.8, 4) is 0 Å². The Kier molecular flexibility index (Phi) is 6.18. The van der Waals surface area contributed by atoms with Gasteiger partial charge in [0.25, 0.3) is 5.91 Å². The van der Waals surface area contributed by atoms with Gasteiger partial charge < -0.3 is 10.2 Å². The molecule has 1 amide bonds. The Morgan fingerprint density at radius 3 is 2.56 bits per heavy atom. The zero-order valence-electron chi connectivity index (χ0n) is 14.9. The summed E-state index contributed by atoms with van der Waals surface area (Å²) in [7, 11) is 0. The van der Waals surface area contributed by atoms with E-state index in [0.29, 0.717) is 5.56 Å². The van der Waals surface area contributed by atoms with Crippen molar-refractivity contribution in [3.05, 3.63) is 52.5 Å². The molecule has 25 heavy (non-hydrogen) atoms.